The molecule has 206 valence electrons. The van der Waals surface area contributed by atoms with Gasteiger partial charge < -0.3 is 15.5 Å². The molecule has 0 spiro atoms. The van der Waals surface area contributed by atoms with Gasteiger partial charge in [-0.25, -0.2) is 17.2 Å². The highest BCUT2D eigenvalue weighted by Gasteiger charge is 2.59. The topological polar surface area (TPSA) is 117 Å². The molecule has 1 aromatic heterocycles. The van der Waals surface area contributed by atoms with E-state index in [0.717, 1.165) is 12.1 Å². The van der Waals surface area contributed by atoms with Crippen molar-refractivity contribution in [1.82, 2.24) is 4.98 Å². The van der Waals surface area contributed by atoms with Crippen LogP contribution in [0.5, 0.6) is 0 Å². The second kappa shape index (κ2) is 10.2. The van der Waals surface area contributed by atoms with E-state index in [1.807, 2.05) is 0 Å². The monoisotopic (exact) mass is 576 g/mol. The number of hydrogen-bond acceptors (Lipinski definition) is 6. The minimum atomic E-state index is -4.04. The van der Waals surface area contributed by atoms with Gasteiger partial charge in [-0.15, -0.1) is 0 Å². The van der Waals surface area contributed by atoms with Crippen molar-refractivity contribution >= 4 is 33.0 Å². The molecule has 2 aliphatic carbocycles. The van der Waals surface area contributed by atoms with E-state index in [2.05, 4.69) is 10.3 Å². The van der Waals surface area contributed by atoms with Crippen LogP contribution in [0.1, 0.15) is 53.5 Å². The number of hydrogen-bond donors (Lipinski definition) is 3. The number of rotatable bonds is 6. The Morgan fingerprint density at radius 2 is 1.77 bits per heavy atom. The molecule has 2 saturated carbocycles. The molecule has 5 atom stereocenters. The number of nitrogens with zero attached hydrogens (tertiary/aromatic N) is 1. The van der Waals surface area contributed by atoms with Crippen LogP contribution >= 0.6 is 11.6 Å². The van der Waals surface area contributed by atoms with Crippen molar-refractivity contribution in [3.8, 4) is 0 Å². The number of benzene rings is 2. The normalized spacial score (nSPS) is 25.3. The number of anilines is 1. The van der Waals surface area contributed by atoms with E-state index in [1.165, 1.54) is 24.3 Å². The first-order chi connectivity index (χ1) is 18.4. The molecule has 0 saturated heterocycles. The van der Waals surface area contributed by atoms with Gasteiger partial charge in [-0.1, -0.05) is 17.7 Å². The van der Waals surface area contributed by atoms with Crippen LogP contribution in [0.2, 0.25) is 5.02 Å². The summed E-state index contributed by atoms with van der Waals surface area (Å²) in [5, 5.41) is 24.3. The van der Waals surface area contributed by atoms with Gasteiger partial charge >= 0.3 is 0 Å². The number of amides is 1. The number of sulfone groups is 1. The molecule has 5 rings (SSSR count). The lowest BCUT2D eigenvalue weighted by Crippen LogP contribution is -2.52. The lowest BCUT2D eigenvalue weighted by molar-refractivity contribution is -0.145. The summed E-state index contributed by atoms with van der Waals surface area (Å²) in [7, 11) is -4.04. The first-order valence-corrected chi connectivity index (χ1v) is 14.5. The summed E-state index contributed by atoms with van der Waals surface area (Å²) in [6, 6.07) is 11.9. The summed E-state index contributed by atoms with van der Waals surface area (Å²) < 4.78 is 54.3. The van der Waals surface area contributed by atoms with Gasteiger partial charge in [0.25, 0.3) is 5.91 Å². The highest BCUT2D eigenvalue weighted by molar-refractivity contribution is 7.92. The number of carbonyl (C=O) groups is 1. The van der Waals surface area contributed by atoms with Crippen molar-refractivity contribution in [2.45, 2.75) is 54.5 Å². The minimum Gasteiger partial charge on any atom is -0.386 e. The Morgan fingerprint density at radius 1 is 1.08 bits per heavy atom. The predicted molar refractivity (Wildman–Crippen MR) is 141 cm³/mol. The standard InChI is InChI=1S/C28H27ClF2N2O5S/c1-15-3-2-4-24(32-15)26(34)28(36)17-6-7-18(28)13-20(12-17)39(37,38)25-11-16(5-9-21(25)29)27(35)33-19-8-10-22(30)23(31)14-19/h2-5,8-11,14,17-18,20,26,34,36H,6-7,12-13H2,1H3,(H,33,35)/t17-,18?,20-,26-,28-/m0/s1. The molecule has 7 nitrogen and oxygen atoms in total. The van der Waals surface area contributed by atoms with E-state index in [1.54, 1.807) is 25.1 Å². The number of nitrogens with one attached hydrogen (secondary N) is 1. The first kappa shape index (κ1) is 27.6. The Labute approximate surface area is 229 Å². The summed E-state index contributed by atoms with van der Waals surface area (Å²) in [4.78, 5) is 16.9. The highest BCUT2D eigenvalue weighted by Crippen LogP contribution is 2.56. The zero-order chi connectivity index (χ0) is 28.1. The maximum absolute atomic E-state index is 13.8. The minimum absolute atomic E-state index is 0.00283. The average molecular weight is 577 g/mol. The second-order valence-electron chi connectivity index (χ2n) is 10.3. The van der Waals surface area contributed by atoms with Gasteiger partial charge in [-0.3, -0.25) is 9.78 Å². The van der Waals surface area contributed by atoms with E-state index >= 15 is 0 Å². The van der Waals surface area contributed by atoms with Gasteiger partial charge in [0.2, 0.25) is 0 Å². The molecule has 39 heavy (non-hydrogen) atoms. The number of aromatic nitrogens is 1. The molecule has 1 heterocycles. The van der Waals surface area contributed by atoms with Crippen LogP contribution in [0.15, 0.2) is 59.5 Å². The summed E-state index contributed by atoms with van der Waals surface area (Å²) >= 11 is 6.29. The molecule has 2 aromatic carbocycles. The van der Waals surface area contributed by atoms with E-state index < -0.39 is 56.2 Å². The smallest absolute Gasteiger partial charge is 0.255 e. The van der Waals surface area contributed by atoms with E-state index in [-0.39, 0.29) is 34.0 Å². The Hall–Kier alpha value is -2.92. The zero-order valence-corrected chi connectivity index (χ0v) is 22.5. The van der Waals surface area contributed by atoms with Crippen LogP contribution in [0, 0.1) is 30.4 Å². The average Bonchev–Trinajstić information content (AvgIpc) is 3.05. The summed E-state index contributed by atoms with van der Waals surface area (Å²) in [6.07, 6.45) is 0.0751. The molecule has 2 fully saturated rings. The van der Waals surface area contributed by atoms with Gasteiger partial charge in [-0.05, 0) is 86.9 Å². The summed E-state index contributed by atoms with van der Waals surface area (Å²) in [5.41, 5.74) is -0.495. The molecule has 0 aliphatic heterocycles. The SMILES string of the molecule is Cc1cccc([C@H](O)[C@@]2(O)C3CC[C@H]2C[C@H](S(=O)(=O)c2cc(C(=O)Nc4ccc(F)c(F)c4)ccc2Cl)C3)n1. The van der Waals surface area contributed by atoms with E-state index in [4.69, 9.17) is 11.6 Å². The summed E-state index contributed by atoms with van der Waals surface area (Å²) in [6.45, 7) is 1.79. The maximum atomic E-state index is 13.8. The van der Waals surface area contributed by atoms with Gasteiger partial charge in [0.1, 0.15) is 11.7 Å². The third kappa shape index (κ3) is 4.95. The molecule has 1 unspecified atom stereocenters. The third-order valence-corrected chi connectivity index (χ3v) is 10.7. The van der Waals surface area contributed by atoms with Crippen molar-refractivity contribution in [3.63, 3.8) is 0 Å². The highest BCUT2D eigenvalue weighted by atomic mass is 35.5. The molecule has 2 bridgehead atoms. The van der Waals surface area contributed by atoms with Crippen LogP contribution in [-0.2, 0) is 9.84 Å². The molecule has 2 aliphatic rings. The second-order valence-corrected chi connectivity index (χ2v) is 12.9. The van der Waals surface area contributed by atoms with Gasteiger partial charge in [0.05, 0.1) is 20.9 Å². The van der Waals surface area contributed by atoms with Crippen molar-refractivity contribution in [3.05, 3.63) is 88.2 Å². The van der Waals surface area contributed by atoms with E-state index in [9.17, 15) is 32.2 Å². The maximum Gasteiger partial charge on any atom is 0.255 e. The van der Waals surface area contributed by atoms with Crippen LogP contribution in [0.4, 0.5) is 14.5 Å². The molecule has 11 heteroatoms. The quantitative estimate of drug-likeness (QED) is 0.380. The zero-order valence-electron chi connectivity index (χ0n) is 20.9. The van der Waals surface area contributed by atoms with Crippen LogP contribution in [-0.4, -0.2) is 40.4 Å². The number of carbonyl (C=O) groups excluding carboxylic acids is 1. The molecule has 3 N–H and O–H groups in total. The van der Waals surface area contributed by atoms with E-state index in [0.29, 0.717) is 24.2 Å². The largest absolute Gasteiger partial charge is 0.386 e. The lowest BCUT2D eigenvalue weighted by Gasteiger charge is -2.45. The number of pyridine rings is 1. The van der Waals surface area contributed by atoms with Crippen LogP contribution in [0.25, 0.3) is 0 Å². The molecule has 0 radical (unpaired) electrons. The third-order valence-electron chi connectivity index (χ3n) is 8.01. The Morgan fingerprint density at radius 3 is 2.41 bits per heavy atom. The Bertz CT molecular complexity index is 1540. The van der Waals surface area contributed by atoms with Gasteiger partial charge in [0, 0.05) is 23.0 Å². The number of aliphatic hydroxyl groups excluding tert-OH is 1. The number of halogens is 3. The predicted octanol–water partition coefficient (Wildman–Crippen LogP) is 5.00. The fraction of sp³-hybridized carbons (Fsp3) is 0.357. The molecule has 3 aromatic rings. The van der Waals surface area contributed by atoms with Crippen molar-refractivity contribution in [1.29, 1.82) is 0 Å². The molecular formula is C28H27ClF2N2O5S. The molecule has 1 amide bonds. The number of aliphatic hydroxyl groups is 2. The Kier molecular flexibility index (Phi) is 7.26. The number of aryl methyl sites for hydroxylation is 1. The first-order valence-electron chi connectivity index (χ1n) is 12.5. The Balaban J connectivity index is 1.39. The van der Waals surface area contributed by atoms with Crippen LogP contribution < -0.4 is 5.32 Å². The van der Waals surface area contributed by atoms with Gasteiger partial charge in [0.15, 0.2) is 21.5 Å². The van der Waals surface area contributed by atoms with Crippen molar-refractivity contribution in [2.24, 2.45) is 11.8 Å². The lowest BCUT2D eigenvalue weighted by atomic mass is 9.70. The molecular weight excluding hydrogens is 550 g/mol. The fourth-order valence-corrected chi connectivity index (χ4v) is 8.42. The summed E-state index contributed by atoms with van der Waals surface area (Å²) in [5.74, 6) is -3.88. The van der Waals surface area contributed by atoms with Gasteiger partial charge in [-0.2, -0.15) is 0 Å². The fourth-order valence-electron chi connectivity index (χ4n) is 6.01. The number of fused-ring (bicyclic) bond motifs is 2. The van der Waals surface area contributed by atoms with Crippen LogP contribution in [0.3, 0.4) is 0 Å². The van der Waals surface area contributed by atoms with Crippen molar-refractivity contribution < 1.29 is 32.2 Å². The van der Waals surface area contributed by atoms with Crippen molar-refractivity contribution in [2.75, 3.05) is 5.32 Å².